The summed E-state index contributed by atoms with van der Waals surface area (Å²) in [5.41, 5.74) is -0.0318. The smallest absolute Gasteiger partial charge is 0.411 e. The van der Waals surface area contributed by atoms with Crippen LogP contribution in [0.1, 0.15) is 24.2 Å². The highest BCUT2D eigenvalue weighted by atomic mass is 16.5. The zero-order valence-electron chi connectivity index (χ0n) is 10.1. The number of phenols is 1. The summed E-state index contributed by atoms with van der Waals surface area (Å²) in [5.74, 6) is -1.18. The van der Waals surface area contributed by atoms with Crippen LogP contribution in [0.25, 0.3) is 0 Å². The van der Waals surface area contributed by atoms with Gasteiger partial charge in [0.15, 0.2) is 0 Å². The second kappa shape index (κ2) is 5.90. The molecule has 18 heavy (non-hydrogen) atoms. The molecule has 1 amide bonds. The molecule has 0 atom stereocenters. The average Bonchev–Trinajstić information content (AvgIpc) is 2.29. The van der Waals surface area contributed by atoms with E-state index < -0.39 is 12.1 Å². The fourth-order valence-corrected chi connectivity index (χ4v) is 1.16. The molecular formula is C12H15NO5. The molecule has 98 valence electrons. The van der Waals surface area contributed by atoms with Gasteiger partial charge in [-0.05, 0) is 24.1 Å². The molecule has 1 rings (SSSR count). The van der Waals surface area contributed by atoms with E-state index in [0.29, 0.717) is 0 Å². The number of aromatic carboxylic acids is 1. The molecule has 0 bridgehead atoms. The maximum absolute atomic E-state index is 11.4. The van der Waals surface area contributed by atoms with Crippen molar-refractivity contribution in [2.24, 2.45) is 5.92 Å². The summed E-state index contributed by atoms with van der Waals surface area (Å²) in [6.45, 7) is 4.01. The van der Waals surface area contributed by atoms with Crippen LogP contribution in [0.5, 0.6) is 5.75 Å². The number of anilines is 1. The number of amides is 1. The first-order chi connectivity index (χ1) is 8.40. The molecule has 0 saturated heterocycles. The molecular weight excluding hydrogens is 238 g/mol. The maximum Gasteiger partial charge on any atom is 0.411 e. The fraction of sp³-hybridized carbons (Fsp3) is 0.333. The van der Waals surface area contributed by atoms with E-state index in [-0.39, 0.29) is 29.5 Å². The van der Waals surface area contributed by atoms with Crippen molar-refractivity contribution in [3.63, 3.8) is 0 Å². The molecule has 0 radical (unpaired) electrons. The molecule has 1 aromatic rings. The fourth-order valence-electron chi connectivity index (χ4n) is 1.16. The molecule has 0 aliphatic rings. The van der Waals surface area contributed by atoms with Gasteiger partial charge in [-0.15, -0.1) is 0 Å². The van der Waals surface area contributed by atoms with Crippen LogP contribution in [0.4, 0.5) is 10.5 Å². The highest BCUT2D eigenvalue weighted by Gasteiger charge is 2.11. The van der Waals surface area contributed by atoms with Gasteiger partial charge in [-0.3, -0.25) is 5.32 Å². The standard InChI is InChI=1S/C12H15NO5/c1-7(2)6-18-12(17)13-9-5-8(11(15)16)3-4-10(9)14/h3-5,7,14H,6H2,1-2H3,(H,13,17)(H,15,16). The number of hydrogen-bond acceptors (Lipinski definition) is 4. The minimum absolute atomic E-state index is 0.00339. The molecule has 0 heterocycles. The molecule has 0 fully saturated rings. The van der Waals surface area contributed by atoms with Crippen LogP contribution in [0.15, 0.2) is 18.2 Å². The second-order valence-corrected chi connectivity index (χ2v) is 4.15. The minimum atomic E-state index is -1.14. The van der Waals surface area contributed by atoms with Gasteiger partial charge < -0.3 is 14.9 Å². The number of carboxylic acids is 1. The van der Waals surface area contributed by atoms with E-state index in [1.54, 1.807) is 0 Å². The first kappa shape index (κ1) is 13.8. The van der Waals surface area contributed by atoms with Crippen molar-refractivity contribution in [1.29, 1.82) is 0 Å². The van der Waals surface area contributed by atoms with Crippen molar-refractivity contribution in [3.05, 3.63) is 23.8 Å². The summed E-state index contributed by atoms with van der Waals surface area (Å²) in [6.07, 6.45) is -0.735. The van der Waals surface area contributed by atoms with Gasteiger partial charge in [-0.25, -0.2) is 9.59 Å². The number of carboxylic acid groups (broad SMARTS) is 1. The van der Waals surface area contributed by atoms with Crippen molar-refractivity contribution >= 4 is 17.7 Å². The third kappa shape index (κ3) is 3.97. The Bertz CT molecular complexity index is 456. The van der Waals surface area contributed by atoms with Crippen LogP contribution in [-0.2, 0) is 4.74 Å². The average molecular weight is 253 g/mol. The Morgan fingerprint density at radius 2 is 2.06 bits per heavy atom. The van der Waals surface area contributed by atoms with Crippen molar-refractivity contribution in [2.45, 2.75) is 13.8 Å². The van der Waals surface area contributed by atoms with E-state index in [1.165, 1.54) is 12.1 Å². The van der Waals surface area contributed by atoms with Gasteiger partial charge in [0, 0.05) is 0 Å². The molecule has 6 heteroatoms. The Balaban J connectivity index is 2.74. The molecule has 0 spiro atoms. The Kier molecular flexibility index (Phi) is 4.53. The van der Waals surface area contributed by atoms with Gasteiger partial charge in [0.25, 0.3) is 0 Å². The minimum Gasteiger partial charge on any atom is -0.506 e. The van der Waals surface area contributed by atoms with Gasteiger partial charge in [-0.2, -0.15) is 0 Å². The van der Waals surface area contributed by atoms with E-state index in [1.807, 2.05) is 13.8 Å². The molecule has 6 nitrogen and oxygen atoms in total. The number of ether oxygens (including phenoxy) is 1. The lowest BCUT2D eigenvalue weighted by atomic mass is 10.2. The van der Waals surface area contributed by atoms with E-state index in [0.717, 1.165) is 6.07 Å². The predicted octanol–water partition coefficient (Wildman–Crippen LogP) is 2.29. The molecule has 0 aromatic heterocycles. The lowest BCUT2D eigenvalue weighted by Crippen LogP contribution is -2.17. The third-order valence-corrected chi connectivity index (χ3v) is 2.03. The Morgan fingerprint density at radius 1 is 1.39 bits per heavy atom. The van der Waals surface area contributed by atoms with Crippen molar-refractivity contribution in [2.75, 3.05) is 11.9 Å². The first-order valence-corrected chi connectivity index (χ1v) is 5.40. The zero-order chi connectivity index (χ0) is 13.7. The number of nitrogens with one attached hydrogen (secondary N) is 1. The summed E-state index contributed by atoms with van der Waals surface area (Å²) in [4.78, 5) is 22.1. The summed E-state index contributed by atoms with van der Waals surface area (Å²) >= 11 is 0. The van der Waals surface area contributed by atoms with Crippen molar-refractivity contribution < 1.29 is 24.5 Å². The highest BCUT2D eigenvalue weighted by molar-refractivity contribution is 5.92. The van der Waals surface area contributed by atoms with Crippen LogP contribution in [-0.4, -0.2) is 28.9 Å². The largest absolute Gasteiger partial charge is 0.506 e. The topological polar surface area (TPSA) is 95.9 Å². The Hall–Kier alpha value is -2.24. The third-order valence-electron chi connectivity index (χ3n) is 2.03. The number of benzene rings is 1. The summed E-state index contributed by atoms with van der Waals surface area (Å²) in [6, 6.07) is 3.60. The Morgan fingerprint density at radius 3 is 2.61 bits per heavy atom. The number of carbonyl (C=O) groups is 2. The van der Waals surface area contributed by atoms with Gasteiger partial charge in [0.2, 0.25) is 0 Å². The van der Waals surface area contributed by atoms with Crippen LogP contribution < -0.4 is 5.32 Å². The molecule has 3 N–H and O–H groups in total. The number of rotatable bonds is 4. The molecule has 1 aromatic carbocycles. The van der Waals surface area contributed by atoms with Crippen LogP contribution in [0.3, 0.4) is 0 Å². The van der Waals surface area contributed by atoms with Crippen molar-refractivity contribution in [3.8, 4) is 5.75 Å². The maximum atomic E-state index is 11.4. The van der Waals surface area contributed by atoms with E-state index in [2.05, 4.69) is 5.32 Å². The zero-order valence-corrected chi connectivity index (χ0v) is 10.1. The summed E-state index contributed by atoms with van der Waals surface area (Å²) < 4.78 is 4.85. The van der Waals surface area contributed by atoms with E-state index in [9.17, 15) is 14.7 Å². The highest BCUT2D eigenvalue weighted by Crippen LogP contribution is 2.24. The van der Waals surface area contributed by atoms with Crippen LogP contribution in [0.2, 0.25) is 0 Å². The lowest BCUT2D eigenvalue weighted by molar-refractivity contribution is 0.0696. The Labute approximate surface area is 104 Å². The van der Waals surface area contributed by atoms with Gasteiger partial charge in [0.1, 0.15) is 5.75 Å². The predicted molar refractivity (Wildman–Crippen MR) is 64.9 cm³/mol. The first-order valence-electron chi connectivity index (χ1n) is 5.40. The number of hydrogen-bond donors (Lipinski definition) is 3. The van der Waals surface area contributed by atoms with Crippen molar-refractivity contribution in [1.82, 2.24) is 0 Å². The molecule has 0 aliphatic carbocycles. The quantitative estimate of drug-likeness (QED) is 0.715. The monoisotopic (exact) mass is 253 g/mol. The van der Waals surface area contributed by atoms with Gasteiger partial charge in [0.05, 0.1) is 17.9 Å². The summed E-state index contributed by atoms with van der Waals surface area (Å²) in [5, 5.41) is 20.6. The molecule has 0 unspecified atom stereocenters. The molecule has 0 saturated carbocycles. The van der Waals surface area contributed by atoms with E-state index >= 15 is 0 Å². The number of carbonyl (C=O) groups excluding carboxylic acids is 1. The second-order valence-electron chi connectivity index (χ2n) is 4.15. The number of aromatic hydroxyl groups is 1. The van der Waals surface area contributed by atoms with Gasteiger partial charge in [-0.1, -0.05) is 13.8 Å². The summed E-state index contributed by atoms with van der Waals surface area (Å²) in [7, 11) is 0. The van der Waals surface area contributed by atoms with Gasteiger partial charge >= 0.3 is 12.1 Å². The van der Waals surface area contributed by atoms with Crippen LogP contribution in [0, 0.1) is 5.92 Å². The number of phenolic OH excluding ortho intramolecular Hbond substituents is 1. The lowest BCUT2D eigenvalue weighted by Gasteiger charge is -2.10. The normalized spacial score (nSPS) is 10.2. The van der Waals surface area contributed by atoms with Crippen LogP contribution >= 0.6 is 0 Å². The molecule has 0 aliphatic heterocycles. The van der Waals surface area contributed by atoms with E-state index in [4.69, 9.17) is 9.84 Å². The SMILES string of the molecule is CC(C)COC(=O)Nc1cc(C(=O)O)ccc1O.